The third-order valence-corrected chi connectivity index (χ3v) is 3.93. The van der Waals surface area contributed by atoms with E-state index in [1.807, 2.05) is 14.0 Å². The molecular weight excluding hydrogens is 306 g/mol. The molecule has 0 atom stereocenters. The molecule has 0 amide bonds. The lowest BCUT2D eigenvalue weighted by atomic mass is 10.2. The molecule has 106 valence electrons. The Bertz CT molecular complexity index is 417. The van der Waals surface area contributed by atoms with Crippen molar-refractivity contribution in [3.8, 4) is 11.5 Å². The van der Waals surface area contributed by atoms with Gasteiger partial charge in [-0.05, 0) is 73.3 Å². The summed E-state index contributed by atoms with van der Waals surface area (Å²) in [5.41, 5.74) is 1.19. The van der Waals surface area contributed by atoms with Crippen molar-refractivity contribution in [3.63, 3.8) is 0 Å². The summed E-state index contributed by atoms with van der Waals surface area (Å²) in [7, 11) is 1.94. The quantitative estimate of drug-likeness (QED) is 0.859. The van der Waals surface area contributed by atoms with Crippen LogP contribution in [0, 0.1) is 0 Å². The zero-order valence-corrected chi connectivity index (χ0v) is 13.3. The molecule has 19 heavy (non-hydrogen) atoms. The Morgan fingerprint density at radius 1 is 1.32 bits per heavy atom. The van der Waals surface area contributed by atoms with Gasteiger partial charge in [0.25, 0.3) is 0 Å². The van der Waals surface area contributed by atoms with Gasteiger partial charge < -0.3 is 14.8 Å². The average molecular weight is 328 g/mol. The van der Waals surface area contributed by atoms with Gasteiger partial charge in [-0.25, -0.2) is 0 Å². The summed E-state index contributed by atoms with van der Waals surface area (Å²) in [5.74, 6) is 1.70. The minimum absolute atomic E-state index is 0.339. The first-order valence-corrected chi connectivity index (χ1v) is 7.80. The van der Waals surface area contributed by atoms with Gasteiger partial charge in [-0.1, -0.05) is 0 Å². The number of hydrogen-bond acceptors (Lipinski definition) is 3. The monoisotopic (exact) mass is 327 g/mol. The Morgan fingerprint density at radius 3 is 2.68 bits per heavy atom. The molecule has 1 N–H and O–H groups in total. The van der Waals surface area contributed by atoms with Crippen LogP contribution in [-0.4, -0.2) is 19.8 Å². The molecule has 1 fully saturated rings. The van der Waals surface area contributed by atoms with Crippen LogP contribution in [0.4, 0.5) is 0 Å². The van der Waals surface area contributed by atoms with Crippen LogP contribution in [0.3, 0.4) is 0 Å². The number of rotatable bonds is 6. The van der Waals surface area contributed by atoms with Crippen molar-refractivity contribution in [1.29, 1.82) is 0 Å². The normalized spacial score (nSPS) is 15.7. The summed E-state index contributed by atoms with van der Waals surface area (Å²) in [6.45, 7) is 3.47. The first-order chi connectivity index (χ1) is 9.24. The second-order valence-electron chi connectivity index (χ2n) is 4.89. The van der Waals surface area contributed by atoms with E-state index >= 15 is 0 Å². The molecule has 1 aromatic rings. The highest BCUT2D eigenvalue weighted by atomic mass is 79.9. The molecule has 1 aliphatic carbocycles. The van der Waals surface area contributed by atoms with Crippen molar-refractivity contribution in [2.24, 2.45) is 0 Å². The SMILES string of the molecule is CCOc1cc(CNC)cc(Br)c1OC1CCCC1. The van der Waals surface area contributed by atoms with Gasteiger partial charge >= 0.3 is 0 Å². The van der Waals surface area contributed by atoms with E-state index in [9.17, 15) is 0 Å². The maximum atomic E-state index is 6.13. The second-order valence-corrected chi connectivity index (χ2v) is 5.75. The van der Waals surface area contributed by atoms with Crippen LogP contribution >= 0.6 is 15.9 Å². The molecule has 0 unspecified atom stereocenters. The summed E-state index contributed by atoms with van der Waals surface area (Å²) in [6, 6.07) is 4.17. The molecule has 0 aromatic heterocycles. The number of halogens is 1. The van der Waals surface area contributed by atoms with Gasteiger partial charge in [0, 0.05) is 6.54 Å². The Labute approximate surface area is 123 Å². The summed E-state index contributed by atoms with van der Waals surface area (Å²) in [5, 5.41) is 3.16. The number of benzene rings is 1. The third kappa shape index (κ3) is 3.86. The molecule has 2 rings (SSSR count). The lowest BCUT2D eigenvalue weighted by Crippen LogP contribution is -2.13. The van der Waals surface area contributed by atoms with Crippen LogP contribution < -0.4 is 14.8 Å². The van der Waals surface area contributed by atoms with Gasteiger partial charge in [0.2, 0.25) is 0 Å². The van der Waals surface area contributed by atoms with Gasteiger partial charge in [-0.2, -0.15) is 0 Å². The van der Waals surface area contributed by atoms with Crippen molar-refractivity contribution in [2.75, 3.05) is 13.7 Å². The van der Waals surface area contributed by atoms with Crippen LogP contribution in [-0.2, 0) is 6.54 Å². The summed E-state index contributed by atoms with van der Waals surface area (Å²) in [4.78, 5) is 0. The summed E-state index contributed by atoms with van der Waals surface area (Å²) >= 11 is 3.61. The van der Waals surface area contributed by atoms with Crippen molar-refractivity contribution < 1.29 is 9.47 Å². The Morgan fingerprint density at radius 2 is 2.05 bits per heavy atom. The van der Waals surface area contributed by atoms with E-state index in [1.165, 1.54) is 18.4 Å². The maximum absolute atomic E-state index is 6.13. The number of nitrogens with one attached hydrogen (secondary N) is 1. The van der Waals surface area contributed by atoms with Crippen LogP contribution in [0.5, 0.6) is 11.5 Å². The molecule has 0 saturated heterocycles. The summed E-state index contributed by atoms with van der Waals surface area (Å²) in [6.07, 6.45) is 5.17. The molecule has 0 radical (unpaired) electrons. The van der Waals surface area contributed by atoms with E-state index in [-0.39, 0.29) is 0 Å². The third-order valence-electron chi connectivity index (χ3n) is 3.34. The predicted octanol–water partition coefficient (Wildman–Crippen LogP) is 3.89. The topological polar surface area (TPSA) is 30.5 Å². The van der Waals surface area contributed by atoms with Crippen molar-refractivity contribution >= 4 is 15.9 Å². The van der Waals surface area contributed by atoms with Gasteiger partial charge in [0.1, 0.15) is 0 Å². The van der Waals surface area contributed by atoms with Gasteiger partial charge in [0.05, 0.1) is 17.2 Å². The zero-order chi connectivity index (χ0) is 13.7. The molecular formula is C15H22BrNO2. The Balaban J connectivity index is 2.22. The zero-order valence-electron chi connectivity index (χ0n) is 11.7. The molecule has 0 heterocycles. The standard InChI is InChI=1S/C15H22BrNO2/c1-3-18-14-9-11(10-17-2)8-13(16)15(14)19-12-6-4-5-7-12/h8-9,12,17H,3-7,10H2,1-2H3. The van der Waals surface area contributed by atoms with Crippen LogP contribution in [0.15, 0.2) is 16.6 Å². The molecule has 1 aliphatic rings. The van der Waals surface area contributed by atoms with Gasteiger partial charge in [-0.3, -0.25) is 0 Å². The van der Waals surface area contributed by atoms with Crippen molar-refractivity contribution in [1.82, 2.24) is 5.32 Å². The lowest BCUT2D eigenvalue weighted by molar-refractivity contribution is 0.195. The van der Waals surface area contributed by atoms with E-state index in [0.717, 1.165) is 35.4 Å². The highest BCUT2D eigenvalue weighted by Crippen LogP contribution is 2.39. The Kier molecular flexibility index (Phi) is 5.52. The molecule has 1 aromatic carbocycles. The molecule has 0 bridgehead atoms. The first-order valence-electron chi connectivity index (χ1n) is 7.01. The second kappa shape index (κ2) is 7.15. The van der Waals surface area contributed by atoms with Crippen LogP contribution in [0.2, 0.25) is 0 Å². The van der Waals surface area contributed by atoms with Crippen molar-refractivity contribution in [3.05, 3.63) is 22.2 Å². The van der Waals surface area contributed by atoms with E-state index in [1.54, 1.807) is 0 Å². The van der Waals surface area contributed by atoms with E-state index in [4.69, 9.17) is 9.47 Å². The molecule has 3 nitrogen and oxygen atoms in total. The highest BCUT2D eigenvalue weighted by molar-refractivity contribution is 9.10. The van der Waals surface area contributed by atoms with Crippen LogP contribution in [0.25, 0.3) is 0 Å². The fourth-order valence-corrected chi connectivity index (χ4v) is 3.06. The Hall–Kier alpha value is -0.740. The molecule has 4 heteroatoms. The first kappa shape index (κ1) is 14.7. The maximum Gasteiger partial charge on any atom is 0.175 e. The summed E-state index contributed by atoms with van der Waals surface area (Å²) < 4.78 is 12.8. The average Bonchev–Trinajstić information content (AvgIpc) is 2.87. The minimum atomic E-state index is 0.339. The number of ether oxygens (including phenoxy) is 2. The highest BCUT2D eigenvalue weighted by Gasteiger charge is 2.20. The van der Waals surface area contributed by atoms with Gasteiger partial charge in [-0.15, -0.1) is 0 Å². The molecule has 0 spiro atoms. The lowest BCUT2D eigenvalue weighted by Gasteiger charge is -2.19. The molecule has 1 saturated carbocycles. The van der Waals surface area contributed by atoms with E-state index in [2.05, 4.69) is 33.4 Å². The smallest absolute Gasteiger partial charge is 0.175 e. The fourth-order valence-electron chi connectivity index (χ4n) is 2.48. The minimum Gasteiger partial charge on any atom is -0.490 e. The van der Waals surface area contributed by atoms with Crippen LogP contribution in [0.1, 0.15) is 38.2 Å². The predicted molar refractivity (Wildman–Crippen MR) is 81.0 cm³/mol. The molecule has 0 aliphatic heterocycles. The fraction of sp³-hybridized carbons (Fsp3) is 0.600. The van der Waals surface area contributed by atoms with E-state index in [0.29, 0.717) is 12.7 Å². The van der Waals surface area contributed by atoms with E-state index < -0.39 is 0 Å². The largest absolute Gasteiger partial charge is 0.490 e. The van der Waals surface area contributed by atoms with Crippen molar-refractivity contribution in [2.45, 2.75) is 45.3 Å². The number of hydrogen-bond donors (Lipinski definition) is 1. The van der Waals surface area contributed by atoms with Gasteiger partial charge in [0.15, 0.2) is 11.5 Å².